The molecule has 2 aromatic rings. The van der Waals surface area contributed by atoms with Gasteiger partial charge in [0.25, 0.3) is 0 Å². The second-order valence-corrected chi connectivity index (χ2v) is 6.45. The average Bonchev–Trinajstić information content (AvgIpc) is 3.08. The van der Waals surface area contributed by atoms with Gasteiger partial charge in [-0.1, -0.05) is 15.9 Å². The van der Waals surface area contributed by atoms with E-state index < -0.39 is 11.9 Å². The fraction of sp³-hybridized carbons (Fsp3) is 0.235. The molecule has 8 nitrogen and oxygen atoms in total. The molecule has 0 unspecified atom stereocenters. The summed E-state index contributed by atoms with van der Waals surface area (Å²) in [6, 6.07) is 9.79. The molecule has 0 saturated heterocycles. The second kappa shape index (κ2) is 9.73. The van der Waals surface area contributed by atoms with Crippen LogP contribution in [-0.4, -0.2) is 42.9 Å². The van der Waals surface area contributed by atoms with Crippen molar-refractivity contribution in [3.8, 4) is 0 Å². The van der Waals surface area contributed by atoms with Gasteiger partial charge in [0, 0.05) is 10.2 Å². The number of urea groups is 1. The molecule has 0 aliphatic carbocycles. The van der Waals surface area contributed by atoms with Gasteiger partial charge in [-0.25, -0.2) is 4.79 Å². The average molecular weight is 423 g/mol. The maximum absolute atomic E-state index is 11.9. The van der Waals surface area contributed by atoms with Crippen LogP contribution in [0.4, 0.5) is 10.5 Å². The van der Waals surface area contributed by atoms with Crippen molar-refractivity contribution < 1.29 is 18.8 Å². The standard InChI is InChI=1S/C17H19BrN4O4/c1-22(10-15(23)19-9-14-3-2-8-26-14)11-16(24)21-17(25)20-13-6-4-12(18)5-7-13/h2-8H,9-11H2,1H3,(H,19,23)(H2,20,21,24,25). The zero-order valence-corrected chi connectivity index (χ0v) is 15.7. The van der Waals surface area contributed by atoms with Crippen molar-refractivity contribution in [3.63, 3.8) is 0 Å². The summed E-state index contributed by atoms with van der Waals surface area (Å²) in [5.74, 6) is -0.125. The molecular formula is C17H19BrN4O4. The van der Waals surface area contributed by atoms with Crippen molar-refractivity contribution in [1.29, 1.82) is 0 Å². The molecule has 9 heteroatoms. The summed E-state index contributed by atoms with van der Waals surface area (Å²) in [6.07, 6.45) is 1.53. The minimum absolute atomic E-state index is 0.0163. The Kier molecular flexibility index (Phi) is 7.37. The number of carbonyl (C=O) groups is 3. The number of likely N-dealkylation sites (N-methyl/N-ethyl adjacent to an activating group) is 1. The summed E-state index contributed by atoms with van der Waals surface area (Å²) in [6.45, 7) is 0.200. The molecule has 1 aromatic heterocycles. The number of amides is 4. The number of rotatable bonds is 7. The number of carbonyl (C=O) groups excluding carboxylic acids is 3. The molecule has 1 heterocycles. The topological polar surface area (TPSA) is 104 Å². The number of nitrogens with one attached hydrogen (secondary N) is 3. The van der Waals surface area contributed by atoms with Crippen LogP contribution in [0.1, 0.15) is 5.76 Å². The lowest BCUT2D eigenvalue weighted by Crippen LogP contribution is -2.43. The minimum atomic E-state index is -0.631. The first-order valence-corrected chi connectivity index (χ1v) is 8.55. The highest BCUT2D eigenvalue weighted by Gasteiger charge is 2.13. The Morgan fingerprint density at radius 2 is 1.77 bits per heavy atom. The lowest BCUT2D eigenvalue weighted by molar-refractivity contribution is -0.124. The SMILES string of the molecule is CN(CC(=O)NCc1ccco1)CC(=O)NC(=O)Nc1ccc(Br)cc1. The monoisotopic (exact) mass is 422 g/mol. The number of anilines is 1. The van der Waals surface area contributed by atoms with Gasteiger partial charge in [-0.05, 0) is 43.4 Å². The summed E-state index contributed by atoms with van der Waals surface area (Å²) >= 11 is 3.30. The van der Waals surface area contributed by atoms with Crippen LogP contribution in [0.2, 0.25) is 0 Å². The minimum Gasteiger partial charge on any atom is -0.467 e. The lowest BCUT2D eigenvalue weighted by atomic mass is 10.3. The number of furan rings is 1. The van der Waals surface area contributed by atoms with E-state index in [0.717, 1.165) is 4.47 Å². The van der Waals surface area contributed by atoms with Gasteiger partial charge in [-0.15, -0.1) is 0 Å². The maximum Gasteiger partial charge on any atom is 0.325 e. The molecule has 0 radical (unpaired) electrons. The van der Waals surface area contributed by atoms with E-state index in [1.54, 1.807) is 43.4 Å². The fourth-order valence-electron chi connectivity index (χ4n) is 2.06. The molecule has 138 valence electrons. The van der Waals surface area contributed by atoms with Crippen LogP contribution in [0, 0.1) is 0 Å². The van der Waals surface area contributed by atoms with E-state index in [0.29, 0.717) is 11.4 Å². The molecule has 0 aliphatic rings. The van der Waals surface area contributed by atoms with Crippen LogP contribution in [0.3, 0.4) is 0 Å². The predicted molar refractivity (Wildman–Crippen MR) is 99.4 cm³/mol. The smallest absolute Gasteiger partial charge is 0.325 e. The van der Waals surface area contributed by atoms with E-state index in [2.05, 4.69) is 31.9 Å². The Morgan fingerprint density at radius 3 is 2.42 bits per heavy atom. The first-order chi connectivity index (χ1) is 12.4. The molecule has 26 heavy (non-hydrogen) atoms. The van der Waals surface area contributed by atoms with Crippen molar-refractivity contribution in [2.24, 2.45) is 0 Å². The Bertz CT molecular complexity index is 747. The van der Waals surface area contributed by atoms with Gasteiger partial charge < -0.3 is 15.1 Å². The van der Waals surface area contributed by atoms with E-state index >= 15 is 0 Å². The van der Waals surface area contributed by atoms with Crippen molar-refractivity contribution in [3.05, 3.63) is 52.9 Å². The molecule has 0 bridgehead atoms. The van der Waals surface area contributed by atoms with E-state index in [1.165, 1.54) is 11.2 Å². The zero-order valence-electron chi connectivity index (χ0n) is 14.1. The summed E-state index contributed by atoms with van der Waals surface area (Å²) < 4.78 is 5.99. The Hall–Kier alpha value is -2.65. The highest BCUT2D eigenvalue weighted by atomic mass is 79.9. The molecule has 0 saturated carbocycles. The molecule has 0 atom stereocenters. The van der Waals surface area contributed by atoms with Crippen LogP contribution in [0.5, 0.6) is 0 Å². The Labute approximate surface area is 159 Å². The molecule has 0 fully saturated rings. The second-order valence-electron chi connectivity index (χ2n) is 5.54. The van der Waals surface area contributed by atoms with E-state index in [1.807, 2.05) is 0 Å². The van der Waals surface area contributed by atoms with Crippen molar-refractivity contribution in [2.45, 2.75) is 6.54 Å². The van der Waals surface area contributed by atoms with Gasteiger partial charge in [-0.2, -0.15) is 0 Å². The first-order valence-electron chi connectivity index (χ1n) is 7.76. The van der Waals surface area contributed by atoms with E-state index in [9.17, 15) is 14.4 Å². The molecule has 0 spiro atoms. The van der Waals surface area contributed by atoms with Gasteiger partial charge in [-0.3, -0.25) is 19.8 Å². The highest BCUT2D eigenvalue weighted by molar-refractivity contribution is 9.10. The number of imide groups is 1. The number of nitrogens with zero attached hydrogens (tertiary/aromatic N) is 1. The first kappa shape index (κ1) is 19.7. The summed E-state index contributed by atoms with van der Waals surface area (Å²) in [5.41, 5.74) is 0.559. The largest absolute Gasteiger partial charge is 0.467 e. The van der Waals surface area contributed by atoms with E-state index in [-0.39, 0.29) is 25.5 Å². The normalized spacial score (nSPS) is 10.4. The Balaban J connectivity index is 1.68. The van der Waals surface area contributed by atoms with Crippen LogP contribution >= 0.6 is 15.9 Å². The third kappa shape index (κ3) is 7.08. The highest BCUT2D eigenvalue weighted by Crippen LogP contribution is 2.13. The molecule has 4 amide bonds. The van der Waals surface area contributed by atoms with Crippen molar-refractivity contribution in [1.82, 2.24) is 15.5 Å². The van der Waals surface area contributed by atoms with Gasteiger partial charge >= 0.3 is 6.03 Å². The summed E-state index contributed by atoms with van der Waals surface area (Å²) in [7, 11) is 1.61. The molecule has 3 N–H and O–H groups in total. The van der Waals surface area contributed by atoms with Crippen LogP contribution < -0.4 is 16.0 Å². The fourth-order valence-corrected chi connectivity index (χ4v) is 2.33. The molecular weight excluding hydrogens is 404 g/mol. The molecule has 1 aromatic carbocycles. The van der Waals surface area contributed by atoms with Crippen LogP contribution in [0.15, 0.2) is 51.6 Å². The predicted octanol–water partition coefficient (Wildman–Crippen LogP) is 1.94. The van der Waals surface area contributed by atoms with Gasteiger partial charge in [0.15, 0.2) is 0 Å². The van der Waals surface area contributed by atoms with E-state index in [4.69, 9.17) is 4.42 Å². The Morgan fingerprint density at radius 1 is 1.08 bits per heavy atom. The number of hydrogen-bond acceptors (Lipinski definition) is 5. The third-order valence-corrected chi connectivity index (χ3v) is 3.75. The van der Waals surface area contributed by atoms with Gasteiger partial charge in [0.05, 0.1) is 25.9 Å². The van der Waals surface area contributed by atoms with Gasteiger partial charge in [0.2, 0.25) is 11.8 Å². The van der Waals surface area contributed by atoms with Crippen molar-refractivity contribution in [2.75, 3.05) is 25.5 Å². The summed E-state index contributed by atoms with van der Waals surface area (Å²) in [5, 5.41) is 7.44. The lowest BCUT2D eigenvalue weighted by Gasteiger charge is -2.15. The summed E-state index contributed by atoms with van der Waals surface area (Å²) in [4.78, 5) is 37.0. The quantitative estimate of drug-likeness (QED) is 0.632. The van der Waals surface area contributed by atoms with Crippen LogP contribution in [-0.2, 0) is 16.1 Å². The maximum atomic E-state index is 11.9. The molecule has 2 rings (SSSR count). The van der Waals surface area contributed by atoms with Crippen LogP contribution in [0.25, 0.3) is 0 Å². The number of halogens is 1. The molecule has 0 aliphatic heterocycles. The number of benzene rings is 1. The third-order valence-electron chi connectivity index (χ3n) is 3.22. The van der Waals surface area contributed by atoms with Crippen molar-refractivity contribution >= 4 is 39.5 Å². The van der Waals surface area contributed by atoms with Gasteiger partial charge in [0.1, 0.15) is 5.76 Å². The zero-order chi connectivity index (χ0) is 18.9. The number of hydrogen-bond donors (Lipinski definition) is 3.